The van der Waals surface area contributed by atoms with Crippen LogP contribution in [0, 0.1) is 0 Å². The number of hydrogen-bond acceptors (Lipinski definition) is 3. The summed E-state index contributed by atoms with van der Waals surface area (Å²) >= 11 is 3.52. The summed E-state index contributed by atoms with van der Waals surface area (Å²) in [5, 5.41) is 2.88. The molecule has 0 heterocycles. The van der Waals surface area contributed by atoms with Crippen molar-refractivity contribution in [1.82, 2.24) is 10.2 Å². The fourth-order valence-electron chi connectivity index (χ4n) is 2.98. The van der Waals surface area contributed by atoms with Gasteiger partial charge in [-0.25, -0.2) is 0 Å². The van der Waals surface area contributed by atoms with E-state index < -0.39 is 6.04 Å². The lowest BCUT2D eigenvalue weighted by atomic mass is 10.0. The van der Waals surface area contributed by atoms with Gasteiger partial charge >= 0.3 is 0 Å². The lowest BCUT2D eigenvalue weighted by molar-refractivity contribution is -0.142. The van der Waals surface area contributed by atoms with Crippen molar-refractivity contribution in [3.05, 3.63) is 64.1 Å². The van der Waals surface area contributed by atoms with Crippen LogP contribution in [0.5, 0.6) is 5.75 Å². The Morgan fingerprint density at radius 3 is 2.27 bits per heavy atom. The fourth-order valence-corrected chi connectivity index (χ4v) is 3.49. The summed E-state index contributed by atoms with van der Waals surface area (Å²) < 4.78 is 6.60. The van der Waals surface area contributed by atoms with Crippen LogP contribution < -0.4 is 10.1 Å². The van der Waals surface area contributed by atoms with Gasteiger partial charge in [0.25, 0.3) is 5.91 Å². The topological polar surface area (TPSA) is 58.6 Å². The lowest BCUT2D eigenvalue weighted by Crippen LogP contribution is -2.50. The highest BCUT2D eigenvalue weighted by atomic mass is 79.9. The normalized spacial score (nSPS) is 12.0. The molecule has 1 atom stereocenters. The number of carbonyl (C=O) groups is 2. The van der Waals surface area contributed by atoms with Gasteiger partial charge in [-0.15, -0.1) is 0 Å². The molecule has 0 aliphatic rings. The van der Waals surface area contributed by atoms with Crippen LogP contribution >= 0.6 is 15.9 Å². The third-order valence-electron chi connectivity index (χ3n) is 4.77. The minimum absolute atomic E-state index is 0.000282. The van der Waals surface area contributed by atoms with Crippen molar-refractivity contribution in [1.29, 1.82) is 0 Å². The number of hydrogen-bond donors (Lipinski definition) is 1. The van der Waals surface area contributed by atoms with Gasteiger partial charge in [0.15, 0.2) is 6.61 Å². The van der Waals surface area contributed by atoms with Crippen molar-refractivity contribution in [2.75, 3.05) is 6.61 Å². The van der Waals surface area contributed by atoms with Gasteiger partial charge in [0.05, 0.1) is 4.47 Å². The zero-order valence-electron chi connectivity index (χ0n) is 18.3. The molecule has 0 spiro atoms. The van der Waals surface area contributed by atoms with Crippen molar-refractivity contribution >= 4 is 27.7 Å². The summed E-state index contributed by atoms with van der Waals surface area (Å²) in [5.41, 5.74) is 2.14. The maximum absolute atomic E-state index is 13.0. The number of nitrogens with one attached hydrogen (secondary N) is 1. The SMILES string of the molecule is CC(C)NC(=O)[C@H](C)N(Cc1ccccc1)C(=O)COc1ccc(C(C)C)cc1Br. The molecule has 1 N–H and O–H groups in total. The highest BCUT2D eigenvalue weighted by Gasteiger charge is 2.27. The minimum Gasteiger partial charge on any atom is -0.483 e. The highest BCUT2D eigenvalue weighted by molar-refractivity contribution is 9.10. The van der Waals surface area contributed by atoms with Crippen LogP contribution in [-0.2, 0) is 16.1 Å². The molecule has 0 radical (unpaired) electrons. The van der Waals surface area contributed by atoms with Crippen LogP contribution in [0.25, 0.3) is 0 Å². The summed E-state index contributed by atoms with van der Waals surface area (Å²) in [7, 11) is 0. The number of benzene rings is 2. The number of nitrogens with zero attached hydrogens (tertiary/aromatic N) is 1. The number of halogens is 1. The van der Waals surface area contributed by atoms with Gasteiger partial charge in [-0.3, -0.25) is 9.59 Å². The van der Waals surface area contributed by atoms with E-state index >= 15 is 0 Å². The van der Waals surface area contributed by atoms with Gasteiger partial charge in [-0.1, -0.05) is 50.2 Å². The maximum atomic E-state index is 13.0. The molecule has 2 aromatic rings. The van der Waals surface area contributed by atoms with Crippen LogP contribution in [0.3, 0.4) is 0 Å². The third-order valence-corrected chi connectivity index (χ3v) is 5.39. The molecule has 0 aliphatic heterocycles. The maximum Gasteiger partial charge on any atom is 0.261 e. The predicted octanol–water partition coefficient (Wildman–Crippen LogP) is 4.89. The fraction of sp³-hybridized carbons (Fsp3) is 0.417. The van der Waals surface area contributed by atoms with E-state index in [4.69, 9.17) is 4.74 Å². The van der Waals surface area contributed by atoms with E-state index in [9.17, 15) is 9.59 Å². The molecule has 2 aromatic carbocycles. The standard InChI is InChI=1S/C24H31BrN2O3/c1-16(2)20-11-12-22(21(25)13-20)30-15-23(28)27(14-19-9-7-6-8-10-19)18(5)24(29)26-17(3)4/h6-13,16-18H,14-15H2,1-5H3,(H,26,29)/t18-/m0/s1. The van der Waals surface area contributed by atoms with Gasteiger partial charge in [-0.2, -0.15) is 0 Å². The highest BCUT2D eigenvalue weighted by Crippen LogP contribution is 2.29. The van der Waals surface area contributed by atoms with Crippen LogP contribution in [0.15, 0.2) is 53.0 Å². The summed E-state index contributed by atoms with van der Waals surface area (Å²) in [4.78, 5) is 27.2. The monoisotopic (exact) mass is 474 g/mol. The van der Waals surface area contributed by atoms with Crippen molar-refractivity contribution in [2.45, 2.75) is 59.2 Å². The lowest BCUT2D eigenvalue weighted by Gasteiger charge is -2.29. The Morgan fingerprint density at radius 2 is 1.70 bits per heavy atom. The smallest absolute Gasteiger partial charge is 0.261 e. The first-order valence-electron chi connectivity index (χ1n) is 10.2. The zero-order chi connectivity index (χ0) is 22.3. The van der Waals surface area contributed by atoms with Crippen LogP contribution in [-0.4, -0.2) is 35.4 Å². The molecule has 0 saturated heterocycles. The molecular weight excluding hydrogens is 444 g/mol. The molecule has 6 heteroatoms. The number of rotatable bonds is 9. The first kappa shape index (κ1) is 23.9. The van der Waals surface area contributed by atoms with Crippen molar-refractivity contribution in [3.63, 3.8) is 0 Å². The van der Waals surface area contributed by atoms with E-state index in [1.54, 1.807) is 11.8 Å². The molecule has 2 amide bonds. The average molecular weight is 475 g/mol. The molecule has 0 unspecified atom stereocenters. The minimum atomic E-state index is -0.615. The number of ether oxygens (including phenoxy) is 1. The molecule has 0 aromatic heterocycles. The molecule has 2 rings (SSSR count). The Balaban J connectivity index is 2.14. The van der Waals surface area contributed by atoms with Crippen molar-refractivity contribution in [2.24, 2.45) is 0 Å². The molecule has 0 fully saturated rings. The zero-order valence-corrected chi connectivity index (χ0v) is 19.9. The molecular formula is C24H31BrN2O3. The number of amides is 2. The van der Waals surface area contributed by atoms with Crippen molar-refractivity contribution < 1.29 is 14.3 Å². The second-order valence-electron chi connectivity index (χ2n) is 7.98. The summed E-state index contributed by atoms with van der Waals surface area (Å²) in [5.74, 6) is 0.576. The van der Waals surface area contributed by atoms with E-state index in [-0.39, 0.29) is 24.5 Å². The van der Waals surface area contributed by atoms with E-state index in [1.807, 2.05) is 62.4 Å². The van der Waals surface area contributed by atoms with E-state index in [2.05, 4.69) is 35.1 Å². The Hall–Kier alpha value is -2.34. The molecule has 30 heavy (non-hydrogen) atoms. The van der Waals surface area contributed by atoms with Crippen LogP contribution in [0.2, 0.25) is 0 Å². The van der Waals surface area contributed by atoms with Gasteiger partial charge in [0.2, 0.25) is 5.91 Å². The molecule has 0 saturated carbocycles. The van der Waals surface area contributed by atoms with Crippen LogP contribution in [0.4, 0.5) is 0 Å². The average Bonchev–Trinajstić information content (AvgIpc) is 2.70. The Bertz CT molecular complexity index is 853. The van der Waals surface area contributed by atoms with Gasteiger partial charge in [-0.05, 0) is 65.9 Å². The van der Waals surface area contributed by atoms with Gasteiger partial charge in [0.1, 0.15) is 11.8 Å². The second-order valence-corrected chi connectivity index (χ2v) is 8.83. The largest absolute Gasteiger partial charge is 0.483 e. The van der Waals surface area contributed by atoms with Gasteiger partial charge in [0, 0.05) is 12.6 Å². The molecule has 162 valence electrons. The second kappa shape index (κ2) is 11.2. The predicted molar refractivity (Wildman–Crippen MR) is 123 cm³/mol. The number of carbonyl (C=O) groups excluding carboxylic acids is 2. The first-order valence-corrected chi connectivity index (χ1v) is 11.0. The Morgan fingerprint density at radius 1 is 1.03 bits per heavy atom. The molecule has 0 bridgehead atoms. The molecule has 0 aliphatic carbocycles. The van der Waals surface area contributed by atoms with Crippen LogP contribution in [0.1, 0.15) is 51.7 Å². The first-order chi connectivity index (χ1) is 14.2. The van der Waals surface area contributed by atoms with E-state index in [1.165, 1.54) is 5.56 Å². The van der Waals surface area contributed by atoms with Gasteiger partial charge < -0.3 is 15.0 Å². The summed E-state index contributed by atoms with van der Waals surface area (Å²) in [6.45, 7) is 9.97. The summed E-state index contributed by atoms with van der Waals surface area (Å²) in [6.07, 6.45) is 0. The quantitative estimate of drug-likeness (QED) is 0.562. The third kappa shape index (κ3) is 6.87. The van der Waals surface area contributed by atoms with E-state index in [0.29, 0.717) is 18.2 Å². The van der Waals surface area contributed by atoms with Crippen molar-refractivity contribution in [3.8, 4) is 5.75 Å². The Labute approximate surface area is 187 Å². The summed E-state index contributed by atoms with van der Waals surface area (Å²) in [6, 6.07) is 14.9. The Kier molecular flexibility index (Phi) is 8.90. The molecule has 5 nitrogen and oxygen atoms in total. The van der Waals surface area contributed by atoms with E-state index in [0.717, 1.165) is 10.0 Å².